The minimum atomic E-state index is -1.20. The molecule has 1 aromatic carbocycles. The Balaban J connectivity index is 1.42. The second kappa shape index (κ2) is 9.49. The number of morpholine rings is 1. The summed E-state index contributed by atoms with van der Waals surface area (Å²) in [6.07, 6.45) is 2.18. The third-order valence-electron chi connectivity index (χ3n) is 6.53. The molecule has 0 amide bonds. The highest BCUT2D eigenvalue weighted by molar-refractivity contribution is 7.19. The van der Waals surface area contributed by atoms with Crippen LogP contribution in [0.4, 0.5) is 24.1 Å². The van der Waals surface area contributed by atoms with E-state index in [1.165, 1.54) is 11.3 Å². The van der Waals surface area contributed by atoms with Crippen molar-refractivity contribution in [2.75, 3.05) is 42.6 Å². The molecule has 0 bridgehead atoms. The van der Waals surface area contributed by atoms with Crippen molar-refractivity contribution in [2.45, 2.75) is 18.6 Å². The monoisotopic (exact) mass is 531 g/mol. The Morgan fingerprint density at radius 1 is 1.06 bits per heavy atom. The summed E-state index contributed by atoms with van der Waals surface area (Å²) in [6, 6.07) is 6.07. The highest BCUT2D eigenvalue weighted by atomic mass is 35.5. The number of hydrogen-bond acceptors (Lipinski definition) is 7. The quantitative estimate of drug-likeness (QED) is 0.331. The Labute approximate surface area is 214 Å². The van der Waals surface area contributed by atoms with Crippen LogP contribution in [0.15, 0.2) is 42.7 Å². The van der Waals surface area contributed by atoms with Crippen LogP contribution in [0.25, 0.3) is 21.5 Å². The minimum Gasteiger partial charge on any atom is -0.378 e. The van der Waals surface area contributed by atoms with E-state index in [1.54, 1.807) is 29.4 Å². The van der Waals surface area contributed by atoms with Gasteiger partial charge in [0.2, 0.25) is 0 Å². The van der Waals surface area contributed by atoms with E-state index in [4.69, 9.17) is 21.3 Å². The Bertz CT molecular complexity index is 1430. The Morgan fingerprint density at radius 3 is 2.72 bits per heavy atom. The van der Waals surface area contributed by atoms with Crippen molar-refractivity contribution in [1.82, 2.24) is 15.0 Å². The largest absolute Gasteiger partial charge is 0.378 e. The zero-order chi connectivity index (χ0) is 24.8. The zero-order valence-electron chi connectivity index (χ0n) is 19.0. The molecule has 0 spiro atoms. The average molecular weight is 532 g/mol. The molecule has 186 valence electrons. The molecular formula is C25H21ClF3N5OS. The van der Waals surface area contributed by atoms with Gasteiger partial charge >= 0.3 is 0 Å². The maximum absolute atomic E-state index is 14.6. The van der Waals surface area contributed by atoms with Crippen molar-refractivity contribution >= 4 is 44.9 Å². The number of ether oxygens (including phenoxy) is 1. The molecular weight excluding hydrogens is 511 g/mol. The van der Waals surface area contributed by atoms with Gasteiger partial charge in [-0.2, -0.15) is 0 Å². The summed E-state index contributed by atoms with van der Waals surface area (Å²) < 4.78 is 48.6. The molecule has 2 atom stereocenters. The Hall–Kier alpha value is -2.95. The van der Waals surface area contributed by atoms with Gasteiger partial charge in [0.05, 0.1) is 41.2 Å². The summed E-state index contributed by atoms with van der Waals surface area (Å²) in [6.45, 7) is 2.84. The summed E-state index contributed by atoms with van der Waals surface area (Å²) in [5.41, 5.74) is 1.95. The first-order valence-electron chi connectivity index (χ1n) is 11.6. The van der Waals surface area contributed by atoms with Crippen LogP contribution in [0.1, 0.15) is 18.0 Å². The van der Waals surface area contributed by atoms with Crippen LogP contribution in [0, 0.1) is 11.6 Å². The molecule has 3 aromatic heterocycles. The van der Waals surface area contributed by atoms with Crippen LogP contribution in [0.3, 0.4) is 0 Å². The molecule has 4 aromatic rings. The van der Waals surface area contributed by atoms with Gasteiger partial charge in [-0.25, -0.2) is 23.1 Å². The number of pyridine rings is 2. The van der Waals surface area contributed by atoms with E-state index in [9.17, 15) is 13.2 Å². The van der Waals surface area contributed by atoms with E-state index in [0.717, 1.165) is 41.3 Å². The van der Waals surface area contributed by atoms with E-state index in [2.05, 4.69) is 14.9 Å². The molecule has 6 rings (SSSR count). The summed E-state index contributed by atoms with van der Waals surface area (Å²) in [5.74, 6) is -0.703. The number of rotatable bonds is 4. The molecule has 5 heterocycles. The molecule has 2 aliphatic rings. The molecule has 2 aliphatic heterocycles. The SMILES string of the molecule is Fc1ccc(F)c([C@H]2C[C@H](F)CN2c2ccc3ncc(Cl)c(-c4cnc(N5CCOCC5)s4)c3n2)c1. The lowest BCUT2D eigenvalue weighted by molar-refractivity contribution is 0.122. The van der Waals surface area contributed by atoms with E-state index >= 15 is 0 Å². The van der Waals surface area contributed by atoms with Crippen molar-refractivity contribution in [1.29, 1.82) is 0 Å². The topological polar surface area (TPSA) is 54.4 Å². The fourth-order valence-corrected chi connectivity index (χ4v) is 6.14. The number of nitrogens with zero attached hydrogens (tertiary/aromatic N) is 5. The molecule has 6 nitrogen and oxygen atoms in total. The van der Waals surface area contributed by atoms with Crippen molar-refractivity contribution in [3.63, 3.8) is 0 Å². The number of alkyl halides is 1. The van der Waals surface area contributed by atoms with Gasteiger partial charge in [0.1, 0.15) is 29.1 Å². The van der Waals surface area contributed by atoms with Crippen LogP contribution >= 0.6 is 22.9 Å². The number of fused-ring (bicyclic) bond motifs is 1. The molecule has 11 heteroatoms. The Morgan fingerprint density at radius 2 is 1.89 bits per heavy atom. The van der Waals surface area contributed by atoms with Gasteiger partial charge in [-0.1, -0.05) is 22.9 Å². The number of hydrogen-bond donors (Lipinski definition) is 0. The van der Waals surface area contributed by atoms with Crippen LogP contribution < -0.4 is 9.80 Å². The van der Waals surface area contributed by atoms with E-state index < -0.39 is 23.8 Å². The standard InChI is InChI=1S/C25H21ClF3N5OS/c26-17-11-30-19-3-4-22(34-13-15(28)10-20(34)16-9-14(27)1-2-18(16)29)32-24(19)23(17)21-12-31-25(36-21)33-5-7-35-8-6-33/h1-4,9,11-12,15,20H,5-8,10,13H2/t15-,20+/m0/s1. The lowest BCUT2D eigenvalue weighted by Crippen LogP contribution is -2.36. The normalized spacial score (nSPS) is 20.4. The Kier molecular flexibility index (Phi) is 6.18. The third-order valence-corrected chi connectivity index (χ3v) is 7.90. The van der Waals surface area contributed by atoms with Gasteiger partial charge < -0.3 is 14.5 Å². The highest BCUT2D eigenvalue weighted by Gasteiger charge is 2.36. The molecule has 0 N–H and O–H groups in total. The lowest BCUT2D eigenvalue weighted by Gasteiger charge is -2.26. The van der Waals surface area contributed by atoms with Gasteiger partial charge in [0.15, 0.2) is 5.13 Å². The molecule has 0 unspecified atom stereocenters. The van der Waals surface area contributed by atoms with Crippen molar-refractivity contribution < 1.29 is 17.9 Å². The van der Waals surface area contributed by atoms with E-state index in [1.807, 2.05) is 0 Å². The highest BCUT2D eigenvalue weighted by Crippen LogP contribution is 2.42. The van der Waals surface area contributed by atoms with Gasteiger partial charge in [-0.05, 0) is 30.3 Å². The second-order valence-corrected chi connectivity index (χ2v) is 10.2. The number of benzene rings is 1. The average Bonchev–Trinajstić information content (AvgIpc) is 3.53. The van der Waals surface area contributed by atoms with Crippen molar-refractivity contribution in [2.24, 2.45) is 0 Å². The van der Waals surface area contributed by atoms with Crippen LogP contribution in [0.5, 0.6) is 0 Å². The molecule has 0 aliphatic carbocycles. The van der Waals surface area contributed by atoms with E-state index in [-0.39, 0.29) is 18.5 Å². The van der Waals surface area contributed by atoms with Gasteiger partial charge in [0, 0.05) is 43.0 Å². The number of anilines is 2. The van der Waals surface area contributed by atoms with Crippen LogP contribution in [0.2, 0.25) is 5.02 Å². The molecule has 2 fully saturated rings. The third kappa shape index (κ3) is 4.27. The maximum Gasteiger partial charge on any atom is 0.186 e. The van der Waals surface area contributed by atoms with Gasteiger partial charge in [0.25, 0.3) is 0 Å². The van der Waals surface area contributed by atoms with Gasteiger partial charge in [-0.3, -0.25) is 4.98 Å². The van der Waals surface area contributed by atoms with Crippen molar-refractivity contribution in [3.05, 3.63) is 64.9 Å². The first-order chi connectivity index (χ1) is 17.5. The second-order valence-electron chi connectivity index (χ2n) is 8.79. The predicted molar refractivity (Wildman–Crippen MR) is 135 cm³/mol. The molecule has 0 radical (unpaired) electrons. The summed E-state index contributed by atoms with van der Waals surface area (Å²) >= 11 is 8.11. The smallest absolute Gasteiger partial charge is 0.186 e. The number of thiazole rings is 1. The molecule has 0 saturated carbocycles. The number of aromatic nitrogens is 3. The summed E-state index contributed by atoms with van der Waals surface area (Å²) in [5, 5.41) is 1.29. The summed E-state index contributed by atoms with van der Waals surface area (Å²) in [4.78, 5) is 18.5. The molecule has 2 saturated heterocycles. The number of halogens is 4. The fourth-order valence-electron chi connectivity index (χ4n) is 4.81. The first-order valence-corrected chi connectivity index (χ1v) is 12.8. The fraction of sp³-hybridized carbons (Fsp3) is 0.320. The first kappa shape index (κ1) is 23.4. The minimum absolute atomic E-state index is 0.0180. The summed E-state index contributed by atoms with van der Waals surface area (Å²) in [7, 11) is 0. The maximum atomic E-state index is 14.6. The van der Waals surface area contributed by atoms with Crippen molar-refractivity contribution in [3.8, 4) is 10.4 Å². The van der Waals surface area contributed by atoms with E-state index in [0.29, 0.717) is 40.7 Å². The molecule has 36 heavy (non-hydrogen) atoms. The lowest BCUT2D eigenvalue weighted by atomic mass is 10.0. The van der Waals surface area contributed by atoms with Crippen LogP contribution in [-0.4, -0.2) is 54.0 Å². The predicted octanol–water partition coefficient (Wildman–Crippen LogP) is 5.81. The zero-order valence-corrected chi connectivity index (χ0v) is 20.6. The van der Waals surface area contributed by atoms with Gasteiger partial charge in [-0.15, -0.1) is 0 Å². The van der Waals surface area contributed by atoms with Crippen LogP contribution in [-0.2, 0) is 4.74 Å².